The molecule has 186 valence electrons. The summed E-state index contributed by atoms with van der Waals surface area (Å²) in [5, 5.41) is 2.16. The Morgan fingerprint density at radius 2 is 1.07 bits per heavy atom. The summed E-state index contributed by atoms with van der Waals surface area (Å²) in [6.45, 7) is 8.20. The van der Waals surface area contributed by atoms with Crippen LogP contribution in [-0.4, -0.2) is 13.4 Å². The summed E-state index contributed by atoms with van der Waals surface area (Å²) in [4.78, 5) is 0. The normalized spacial score (nSPS) is 15.2. The monoisotopic (exact) mass is 514 g/mol. The lowest BCUT2D eigenvalue weighted by molar-refractivity contribution is 0.412. The molecule has 0 unspecified atom stereocenters. The highest BCUT2D eigenvalue weighted by atomic mass is 16.5. The fourth-order valence-electron chi connectivity index (χ4n) is 6.73. The first-order valence-corrected chi connectivity index (χ1v) is 13.4. The summed E-state index contributed by atoms with van der Waals surface area (Å²) in [5.41, 5.74) is 6.42. The third kappa shape index (κ3) is 2.83. The van der Waals surface area contributed by atoms with Crippen LogP contribution in [0.3, 0.4) is 0 Å². The molecule has 0 saturated heterocycles. The SMILES string of the molecule is C=CC1=C2B(c3ccccc3OC2=C)c2cc3cc4c(cc3cc2O1)Oc1cccc2c1B4c1ccccc1O2. The molecule has 5 aromatic rings. The van der Waals surface area contributed by atoms with E-state index in [-0.39, 0.29) is 13.4 Å². The molecule has 4 aliphatic rings. The van der Waals surface area contributed by atoms with E-state index in [9.17, 15) is 0 Å². The fourth-order valence-corrected chi connectivity index (χ4v) is 6.73. The van der Waals surface area contributed by atoms with Gasteiger partial charge in [0.05, 0.1) is 0 Å². The Kier molecular flexibility index (Phi) is 4.22. The van der Waals surface area contributed by atoms with Gasteiger partial charge < -0.3 is 18.9 Å². The predicted molar refractivity (Wildman–Crippen MR) is 161 cm³/mol. The van der Waals surface area contributed by atoms with Gasteiger partial charge in [0.2, 0.25) is 0 Å². The summed E-state index contributed by atoms with van der Waals surface area (Å²) in [5.74, 6) is 6.28. The maximum absolute atomic E-state index is 6.51. The van der Waals surface area contributed by atoms with E-state index in [1.54, 1.807) is 6.08 Å². The van der Waals surface area contributed by atoms with Crippen LogP contribution in [0.5, 0.6) is 34.5 Å². The van der Waals surface area contributed by atoms with Crippen molar-refractivity contribution < 1.29 is 18.9 Å². The van der Waals surface area contributed by atoms with E-state index in [1.165, 1.54) is 0 Å². The van der Waals surface area contributed by atoms with Gasteiger partial charge >= 0.3 is 0 Å². The summed E-state index contributed by atoms with van der Waals surface area (Å²) < 4.78 is 25.3. The predicted octanol–water partition coefficient (Wildman–Crippen LogP) is 4.45. The Balaban J connectivity index is 1.29. The first-order chi connectivity index (χ1) is 19.7. The number of hydrogen-bond donors (Lipinski definition) is 0. The van der Waals surface area contributed by atoms with Crippen molar-refractivity contribution in [2.45, 2.75) is 0 Å². The lowest BCUT2D eigenvalue weighted by Gasteiger charge is -2.34. The van der Waals surface area contributed by atoms with E-state index in [2.05, 4.69) is 55.6 Å². The number of ether oxygens (including phenoxy) is 4. The number of rotatable bonds is 1. The molecule has 4 aliphatic heterocycles. The molecule has 4 nitrogen and oxygen atoms in total. The van der Waals surface area contributed by atoms with Crippen LogP contribution in [0.25, 0.3) is 10.8 Å². The maximum atomic E-state index is 6.51. The Morgan fingerprint density at radius 1 is 0.525 bits per heavy atom. The summed E-state index contributed by atoms with van der Waals surface area (Å²) in [7, 11) is 0. The molecule has 0 radical (unpaired) electrons. The molecular formula is C34H20B2O4. The Bertz CT molecular complexity index is 2030. The Morgan fingerprint density at radius 3 is 1.80 bits per heavy atom. The molecule has 0 N–H and O–H groups in total. The van der Waals surface area contributed by atoms with E-state index in [1.807, 2.05) is 48.5 Å². The lowest BCUT2D eigenvalue weighted by Crippen LogP contribution is -2.57. The minimum absolute atomic E-state index is 0.0167. The van der Waals surface area contributed by atoms with E-state index >= 15 is 0 Å². The molecule has 40 heavy (non-hydrogen) atoms. The number of benzene rings is 5. The first kappa shape index (κ1) is 21.8. The van der Waals surface area contributed by atoms with Crippen molar-refractivity contribution >= 4 is 51.5 Å². The zero-order valence-corrected chi connectivity index (χ0v) is 21.4. The van der Waals surface area contributed by atoms with Gasteiger partial charge in [-0.3, -0.25) is 0 Å². The van der Waals surface area contributed by atoms with Crippen LogP contribution in [0.1, 0.15) is 0 Å². The number of para-hydroxylation sites is 2. The third-order valence-corrected chi connectivity index (χ3v) is 8.43. The van der Waals surface area contributed by atoms with Crippen LogP contribution >= 0.6 is 0 Å². The van der Waals surface area contributed by atoms with Crippen LogP contribution in [0.2, 0.25) is 0 Å². The maximum Gasteiger partial charge on any atom is 0.260 e. The van der Waals surface area contributed by atoms with Gasteiger partial charge in [-0.1, -0.05) is 67.8 Å². The second kappa shape index (κ2) is 7.73. The number of allylic oxidation sites excluding steroid dienone is 2. The highest BCUT2D eigenvalue weighted by Gasteiger charge is 2.42. The third-order valence-electron chi connectivity index (χ3n) is 8.43. The minimum Gasteiger partial charge on any atom is -0.459 e. The molecule has 6 heteroatoms. The molecule has 4 heterocycles. The highest BCUT2D eigenvalue weighted by molar-refractivity contribution is 6.98. The van der Waals surface area contributed by atoms with Gasteiger partial charge in [-0.05, 0) is 75.1 Å². The van der Waals surface area contributed by atoms with Crippen molar-refractivity contribution in [3.8, 4) is 34.5 Å². The topological polar surface area (TPSA) is 36.9 Å². The van der Waals surface area contributed by atoms with Crippen molar-refractivity contribution in [3.63, 3.8) is 0 Å². The molecule has 0 fully saturated rings. The second-order valence-electron chi connectivity index (χ2n) is 10.6. The lowest BCUT2D eigenvalue weighted by atomic mass is 9.33. The molecule has 0 atom stereocenters. The van der Waals surface area contributed by atoms with Gasteiger partial charge in [0.15, 0.2) is 0 Å². The molecule has 9 rings (SSSR count). The van der Waals surface area contributed by atoms with Crippen LogP contribution in [-0.2, 0) is 0 Å². The summed E-state index contributed by atoms with van der Waals surface area (Å²) in [6.07, 6.45) is 1.74. The van der Waals surface area contributed by atoms with Gasteiger partial charge in [0.1, 0.15) is 46.0 Å². The largest absolute Gasteiger partial charge is 0.459 e. The fraction of sp³-hybridized carbons (Fsp3) is 0. The first-order valence-electron chi connectivity index (χ1n) is 13.4. The van der Waals surface area contributed by atoms with Crippen molar-refractivity contribution in [2.24, 2.45) is 0 Å². The molecule has 0 aliphatic carbocycles. The smallest absolute Gasteiger partial charge is 0.260 e. The van der Waals surface area contributed by atoms with Crippen LogP contribution in [0.4, 0.5) is 0 Å². The zero-order valence-electron chi connectivity index (χ0n) is 21.4. The summed E-state index contributed by atoms with van der Waals surface area (Å²) in [6, 6.07) is 31.2. The average Bonchev–Trinajstić information content (AvgIpc) is 2.98. The number of fused-ring (bicyclic) bond motifs is 10. The highest BCUT2D eigenvalue weighted by Crippen LogP contribution is 2.38. The quantitative estimate of drug-likeness (QED) is 0.304. The Labute approximate surface area is 231 Å². The van der Waals surface area contributed by atoms with Crippen molar-refractivity contribution in [1.82, 2.24) is 0 Å². The molecule has 0 spiro atoms. The van der Waals surface area contributed by atoms with Gasteiger partial charge in [-0.2, -0.15) is 0 Å². The van der Waals surface area contributed by atoms with E-state index < -0.39 is 0 Å². The van der Waals surface area contributed by atoms with Crippen LogP contribution in [0, 0.1) is 0 Å². The molecular weight excluding hydrogens is 494 g/mol. The van der Waals surface area contributed by atoms with Crippen molar-refractivity contribution in [3.05, 3.63) is 127 Å². The van der Waals surface area contributed by atoms with Crippen molar-refractivity contribution in [2.75, 3.05) is 0 Å². The zero-order chi connectivity index (χ0) is 26.5. The van der Waals surface area contributed by atoms with E-state index in [4.69, 9.17) is 18.9 Å². The van der Waals surface area contributed by atoms with Crippen LogP contribution < -0.4 is 46.3 Å². The molecule has 5 aromatic carbocycles. The van der Waals surface area contributed by atoms with E-state index in [0.29, 0.717) is 11.5 Å². The number of hydrogen-bond acceptors (Lipinski definition) is 4. The molecule has 0 saturated carbocycles. The molecule has 0 bridgehead atoms. The van der Waals surface area contributed by atoms with Gasteiger partial charge in [0, 0.05) is 10.9 Å². The second-order valence-corrected chi connectivity index (χ2v) is 10.6. The summed E-state index contributed by atoms with van der Waals surface area (Å²) >= 11 is 0. The molecule has 0 amide bonds. The van der Waals surface area contributed by atoms with E-state index in [0.717, 1.165) is 78.1 Å². The Hall–Kier alpha value is -5.09. The van der Waals surface area contributed by atoms with Gasteiger partial charge in [-0.15, -0.1) is 0 Å². The average molecular weight is 514 g/mol. The minimum atomic E-state index is -0.0676. The van der Waals surface area contributed by atoms with Gasteiger partial charge in [-0.25, -0.2) is 0 Å². The molecule has 0 aromatic heterocycles. The standard InChI is InChI=1S/C34H20B2O4/c1-3-26-33-19(2)37-27-11-6-4-9-22(27)35(33)24-15-20-16-25-32(18-21(20)17-31(24)38-26)40-30-14-8-13-29-34(30)36(25)23-10-5-7-12-28(23)39-29/h3-18H,1-2H2. The van der Waals surface area contributed by atoms with Gasteiger partial charge in [0.25, 0.3) is 13.4 Å². The van der Waals surface area contributed by atoms with Crippen molar-refractivity contribution in [1.29, 1.82) is 0 Å². The van der Waals surface area contributed by atoms with Crippen LogP contribution in [0.15, 0.2) is 127 Å².